The zero-order valence-corrected chi connectivity index (χ0v) is 9.25. The third kappa shape index (κ3) is 3.17. The monoisotopic (exact) mass is 231 g/mol. The fraction of sp³-hybridized carbons (Fsp3) is 0.222. The molecule has 0 aromatic heterocycles. The first kappa shape index (κ1) is 11.3. The molecule has 1 atom stereocenters. The van der Waals surface area contributed by atoms with Gasteiger partial charge in [-0.25, -0.2) is 0 Å². The molecule has 0 aliphatic rings. The lowest BCUT2D eigenvalue weighted by atomic mass is 10.3. The van der Waals surface area contributed by atoms with E-state index in [4.69, 9.17) is 17.3 Å². The van der Waals surface area contributed by atoms with E-state index in [0.717, 1.165) is 0 Å². The maximum atomic E-state index is 11.7. The summed E-state index contributed by atoms with van der Waals surface area (Å²) >= 11 is 5.16. The van der Waals surface area contributed by atoms with Crippen molar-refractivity contribution in [2.45, 2.75) is 6.42 Å². The summed E-state index contributed by atoms with van der Waals surface area (Å²) in [5.41, 5.74) is 6.15. The van der Waals surface area contributed by atoms with E-state index < -0.39 is 13.0 Å². The van der Waals surface area contributed by atoms with Crippen LogP contribution in [0.5, 0.6) is 0 Å². The highest BCUT2D eigenvalue weighted by atomic mass is 35.5. The molecule has 1 aromatic rings. The van der Waals surface area contributed by atoms with E-state index in [2.05, 4.69) is 0 Å². The Balaban J connectivity index is 2.70. The van der Waals surface area contributed by atoms with Gasteiger partial charge in [-0.2, -0.15) is 0 Å². The minimum Gasteiger partial charge on any atom is -0.398 e. The molecule has 0 aliphatic heterocycles. The second-order valence-corrected chi connectivity index (χ2v) is 5.17. The Hall–Kier alpha value is -0.790. The maximum absolute atomic E-state index is 11.7. The van der Waals surface area contributed by atoms with E-state index >= 15 is 0 Å². The predicted molar refractivity (Wildman–Crippen MR) is 59.8 cm³/mol. The smallest absolute Gasteiger partial charge is 0.222 e. The Kier molecular flexibility index (Phi) is 4.18. The number of anilines is 1. The molecule has 1 aromatic carbocycles. The quantitative estimate of drug-likeness (QED) is 0.487. The fourth-order valence-electron chi connectivity index (χ4n) is 1.10. The van der Waals surface area contributed by atoms with Gasteiger partial charge in [0.1, 0.15) is 7.80 Å². The molecule has 0 fully saturated rings. The predicted octanol–water partition coefficient (Wildman–Crippen LogP) is 1.61. The highest BCUT2D eigenvalue weighted by molar-refractivity contribution is 7.53. The first-order chi connectivity index (χ1) is 6.61. The molecule has 76 valence electrons. The number of carbonyl (C=O) groups excluding carboxylic acids is 1. The van der Waals surface area contributed by atoms with Crippen LogP contribution in [-0.4, -0.2) is 11.4 Å². The summed E-state index contributed by atoms with van der Waals surface area (Å²) in [6.45, 7) is 0. The summed E-state index contributed by atoms with van der Waals surface area (Å²) in [4.78, 5) is 10.5. The lowest BCUT2D eigenvalue weighted by molar-refractivity contribution is -0.111. The van der Waals surface area contributed by atoms with Gasteiger partial charge in [-0.1, -0.05) is 12.1 Å². The molecule has 0 aliphatic carbocycles. The molecule has 0 amide bonds. The van der Waals surface area contributed by atoms with Gasteiger partial charge >= 0.3 is 0 Å². The van der Waals surface area contributed by atoms with E-state index in [1.165, 1.54) is 0 Å². The van der Waals surface area contributed by atoms with Gasteiger partial charge in [-0.15, -0.1) is 0 Å². The number of halogens is 1. The first-order valence-electron chi connectivity index (χ1n) is 4.17. The van der Waals surface area contributed by atoms with Crippen LogP contribution in [0.2, 0.25) is 0 Å². The van der Waals surface area contributed by atoms with Gasteiger partial charge in [-0.3, -0.25) is 4.79 Å². The number of para-hydroxylation sites is 1. The van der Waals surface area contributed by atoms with E-state index in [-0.39, 0.29) is 6.42 Å². The maximum Gasteiger partial charge on any atom is 0.222 e. The van der Waals surface area contributed by atoms with Gasteiger partial charge in [0, 0.05) is 23.6 Å². The van der Waals surface area contributed by atoms with E-state index in [9.17, 15) is 9.36 Å². The van der Waals surface area contributed by atoms with Crippen molar-refractivity contribution >= 4 is 35.6 Å². The number of hydrogen-bond acceptors (Lipinski definition) is 3. The SMILES string of the molecule is Nc1ccccc1[PH](=O)CCC(=O)Cl. The van der Waals surface area contributed by atoms with Crippen molar-refractivity contribution in [2.24, 2.45) is 0 Å². The summed E-state index contributed by atoms with van der Waals surface area (Å²) in [6, 6.07) is 6.97. The standard InChI is InChI=1S/C9H11ClNO2P/c10-9(12)5-6-14(13)8-4-2-1-3-7(8)11/h1-4,14H,5-6,11H2. The molecule has 1 rings (SSSR count). The van der Waals surface area contributed by atoms with Crippen LogP contribution in [0.25, 0.3) is 0 Å². The largest absolute Gasteiger partial charge is 0.398 e. The molecule has 0 saturated heterocycles. The third-order valence-electron chi connectivity index (χ3n) is 1.81. The molecule has 0 saturated carbocycles. The van der Waals surface area contributed by atoms with E-state index in [1.807, 2.05) is 0 Å². The topological polar surface area (TPSA) is 60.2 Å². The Morgan fingerprint density at radius 1 is 1.43 bits per heavy atom. The zero-order valence-electron chi connectivity index (χ0n) is 7.50. The highest BCUT2D eigenvalue weighted by Gasteiger charge is 2.08. The Bertz CT molecular complexity index is 368. The summed E-state index contributed by atoms with van der Waals surface area (Å²) in [5.74, 6) is 0. The lowest BCUT2D eigenvalue weighted by Crippen LogP contribution is -2.06. The summed E-state index contributed by atoms with van der Waals surface area (Å²) in [6.07, 6.45) is 0.425. The molecule has 0 spiro atoms. The first-order valence-corrected chi connectivity index (χ1v) is 6.16. The van der Waals surface area contributed by atoms with Gasteiger partial charge in [0.2, 0.25) is 5.24 Å². The summed E-state index contributed by atoms with van der Waals surface area (Å²) < 4.78 is 11.7. The molecular formula is C9H11ClNO2P. The molecule has 14 heavy (non-hydrogen) atoms. The van der Waals surface area contributed by atoms with Gasteiger partial charge in [-0.05, 0) is 23.7 Å². The summed E-state index contributed by atoms with van der Waals surface area (Å²) in [5, 5.41) is 0.174. The van der Waals surface area contributed by atoms with E-state index in [0.29, 0.717) is 17.2 Å². The minimum absolute atomic E-state index is 0.133. The third-order valence-corrected chi connectivity index (χ3v) is 3.76. The number of nitrogen functional groups attached to an aromatic ring is 1. The van der Waals surface area contributed by atoms with Crippen LogP contribution in [-0.2, 0) is 9.36 Å². The highest BCUT2D eigenvalue weighted by Crippen LogP contribution is 2.24. The van der Waals surface area contributed by atoms with E-state index in [1.54, 1.807) is 24.3 Å². The minimum atomic E-state index is -1.97. The zero-order chi connectivity index (χ0) is 10.6. The van der Waals surface area contributed by atoms with Crippen molar-refractivity contribution in [3.8, 4) is 0 Å². The van der Waals surface area contributed by atoms with Gasteiger partial charge in [0.25, 0.3) is 0 Å². The number of carbonyl (C=O) groups is 1. The van der Waals surface area contributed by atoms with Crippen LogP contribution in [0.4, 0.5) is 5.69 Å². The van der Waals surface area contributed by atoms with Crippen molar-refractivity contribution in [1.82, 2.24) is 0 Å². The second kappa shape index (κ2) is 5.18. The number of rotatable bonds is 4. The number of benzene rings is 1. The second-order valence-electron chi connectivity index (χ2n) is 2.87. The van der Waals surface area contributed by atoms with Gasteiger partial charge in [0.05, 0.1) is 0 Å². The molecule has 0 bridgehead atoms. The van der Waals surface area contributed by atoms with Crippen LogP contribution in [0.1, 0.15) is 6.42 Å². The molecule has 0 radical (unpaired) electrons. The normalized spacial score (nSPS) is 12.4. The van der Waals surface area contributed by atoms with Crippen LogP contribution in [0.15, 0.2) is 24.3 Å². The van der Waals surface area contributed by atoms with Crippen LogP contribution in [0, 0.1) is 0 Å². The van der Waals surface area contributed by atoms with Crippen molar-refractivity contribution in [3.05, 3.63) is 24.3 Å². The average molecular weight is 232 g/mol. The fourth-order valence-corrected chi connectivity index (χ4v) is 2.76. The van der Waals surface area contributed by atoms with Crippen LogP contribution < -0.4 is 11.0 Å². The van der Waals surface area contributed by atoms with Crippen molar-refractivity contribution in [3.63, 3.8) is 0 Å². The Morgan fingerprint density at radius 3 is 2.64 bits per heavy atom. The Morgan fingerprint density at radius 2 is 2.07 bits per heavy atom. The van der Waals surface area contributed by atoms with Crippen molar-refractivity contribution in [1.29, 1.82) is 0 Å². The Labute approximate surface area is 88.0 Å². The van der Waals surface area contributed by atoms with Gasteiger partial charge < -0.3 is 10.3 Å². The summed E-state index contributed by atoms with van der Waals surface area (Å²) in [7, 11) is -1.97. The van der Waals surface area contributed by atoms with Crippen LogP contribution >= 0.6 is 19.4 Å². The van der Waals surface area contributed by atoms with Gasteiger partial charge in [0.15, 0.2) is 0 Å². The molecule has 5 heteroatoms. The average Bonchev–Trinajstić information content (AvgIpc) is 2.15. The molecule has 1 unspecified atom stereocenters. The molecular weight excluding hydrogens is 221 g/mol. The molecule has 2 N–H and O–H groups in total. The lowest BCUT2D eigenvalue weighted by Gasteiger charge is -2.03. The molecule has 0 heterocycles. The molecule has 3 nitrogen and oxygen atoms in total. The number of hydrogen-bond donors (Lipinski definition) is 1. The number of nitrogens with two attached hydrogens (primary N) is 1. The van der Waals surface area contributed by atoms with Crippen molar-refractivity contribution < 1.29 is 9.36 Å². The van der Waals surface area contributed by atoms with Crippen LogP contribution in [0.3, 0.4) is 0 Å². The van der Waals surface area contributed by atoms with Crippen molar-refractivity contribution in [2.75, 3.05) is 11.9 Å².